The summed E-state index contributed by atoms with van der Waals surface area (Å²) >= 11 is 6.27. The maximum absolute atomic E-state index is 13.3. The van der Waals surface area contributed by atoms with E-state index in [1.165, 1.54) is 0 Å². The predicted octanol–water partition coefficient (Wildman–Crippen LogP) is 3.99. The summed E-state index contributed by atoms with van der Waals surface area (Å²) in [7, 11) is 0. The van der Waals surface area contributed by atoms with Crippen LogP contribution in [0, 0.1) is 12.3 Å². The van der Waals surface area contributed by atoms with Gasteiger partial charge in [-0.3, -0.25) is 9.59 Å². The van der Waals surface area contributed by atoms with Gasteiger partial charge in [-0.1, -0.05) is 48.0 Å². The summed E-state index contributed by atoms with van der Waals surface area (Å²) < 4.78 is 0. The summed E-state index contributed by atoms with van der Waals surface area (Å²) in [6, 6.07) is 14.2. The zero-order valence-corrected chi connectivity index (χ0v) is 17.8. The summed E-state index contributed by atoms with van der Waals surface area (Å²) in [6.07, 6.45) is 7.67. The van der Waals surface area contributed by atoms with Gasteiger partial charge in [-0.25, -0.2) is 0 Å². The van der Waals surface area contributed by atoms with E-state index in [0.29, 0.717) is 49.4 Å². The van der Waals surface area contributed by atoms with Crippen LogP contribution in [0.3, 0.4) is 0 Å². The van der Waals surface area contributed by atoms with Crippen molar-refractivity contribution < 1.29 is 9.59 Å². The molecule has 0 radical (unpaired) electrons. The maximum Gasteiger partial charge on any atom is 0.256 e. The van der Waals surface area contributed by atoms with Gasteiger partial charge in [0.2, 0.25) is 5.91 Å². The lowest BCUT2D eigenvalue weighted by Gasteiger charge is -2.36. The van der Waals surface area contributed by atoms with Gasteiger partial charge in [-0.2, -0.15) is 10.2 Å². The molecule has 0 saturated heterocycles. The number of carbonyl (C=O) groups is 2. The van der Waals surface area contributed by atoms with Crippen molar-refractivity contribution in [2.45, 2.75) is 43.9 Å². The second kappa shape index (κ2) is 8.91. The van der Waals surface area contributed by atoms with Crippen molar-refractivity contribution in [2.24, 2.45) is 10.2 Å². The third-order valence-corrected chi connectivity index (χ3v) is 6.12. The van der Waals surface area contributed by atoms with Gasteiger partial charge in [0, 0.05) is 38.8 Å². The highest BCUT2D eigenvalue weighted by Gasteiger charge is 2.40. The minimum Gasteiger partial charge on any atom is -0.354 e. The van der Waals surface area contributed by atoms with Crippen LogP contribution in [0.1, 0.15) is 40.7 Å². The molecule has 0 aromatic heterocycles. The van der Waals surface area contributed by atoms with Gasteiger partial charge >= 0.3 is 0 Å². The Kier molecular flexibility index (Phi) is 6.06. The highest BCUT2D eigenvalue weighted by Crippen LogP contribution is 2.36. The van der Waals surface area contributed by atoms with Crippen LogP contribution < -0.4 is 5.32 Å². The zero-order chi connectivity index (χ0) is 21.8. The van der Waals surface area contributed by atoms with Gasteiger partial charge in [0.15, 0.2) is 5.66 Å². The number of rotatable bonds is 7. The first kappa shape index (κ1) is 21.1. The number of nitrogens with zero attached hydrogens (tertiary/aromatic N) is 3. The molecule has 0 saturated carbocycles. The number of fused-ring (bicyclic) bond motifs is 1. The molecular formula is C24H23ClN4O2. The average molecular weight is 435 g/mol. The van der Waals surface area contributed by atoms with E-state index in [9.17, 15) is 9.59 Å². The second-order valence-electron chi connectivity index (χ2n) is 7.83. The number of hydrogen-bond acceptors (Lipinski definition) is 4. The molecule has 2 aliphatic heterocycles. The smallest absolute Gasteiger partial charge is 0.256 e. The number of carbonyl (C=O) groups excluding carboxylic acids is 2. The van der Waals surface area contributed by atoms with E-state index in [2.05, 4.69) is 21.5 Å². The monoisotopic (exact) mass is 434 g/mol. The highest BCUT2D eigenvalue weighted by atomic mass is 35.5. The topological polar surface area (TPSA) is 74.1 Å². The first-order chi connectivity index (χ1) is 15.0. The molecule has 31 heavy (non-hydrogen) atoms. The molecule has 0 aliphatic carbocycles. The van der Waals surface area contributed by atoms with Crippen LogP contribution in [0.2, 0.25) is 5.02 Å². The van der Waals surface area contributed by atoms with Crippen LogP contribution in [0.15, 0.2) is 58.8 Å². The standard InChI is InChI=1S/C24H23ClN4O2/c1-2-3-12-24(27-28-24)13-14-26-22(30)21-15-17-8-4-5-9-18(17)16-29(21)23(31)19-10-6-7-11-20(19)25/h1,4-11,21H,3,12-16H2,(H,26,30). The fourth-order valence-corrected chi connectivity index (χ4v) is 4.15. The summed E-state index contributed by atoms with van der Waals surface area (Å²) in [5.74, 6) is 2.16. The number of amides is 2. The van der Waals surface area contributed by atoms with E-state index in [1.807, 2.05) is 24.3 Å². The van der Waals surface area contributed by atoms with Gasteiger partial charge < -0.3 is 10.2 Å². The number of halogens is 1. The molecule has 2 aliphatic rings. The largest absolute Gasteiger partial charge is 0.354 e. The van der Waals surface area contributed by atoms with E-state index in [1.54, 1.807) is 29.2 Å². The molecule has 0 spiro atoms. The molecule has 2 aromatic carbocycles. The molecule has 2 heterocycles. The minimum atomic E-state index is -0.617. The Morgan fingerprint density at radius 3 is 2.55 bits per heavy atom. The molecule has 1 N–H and O–H groups in total. The van der Waals surface area contributed by atoms with E-state index in [4.69, 9.17) is 18.0 Å². The van der Waals surface area contributed by atoms with Crippen molar-refractivity contribution >= 4 is 23.4 Å². The molecule has 6 nitrogen and oxygen atoms in total. The number of benzene rings is 2. The van der Waals surface area contributed by atoms with E-state index < -0.39 is 11.7 Å². The Morgan fingerprint density at radius 2 is 1.84 bits per heavy atom. The Bertz CT molecular complexity index is 1070. The van der Waals surface area contributed by atoms with Gasteiger partial charge in [-0.15, -0.1) is 12.3 Å². The fourth-order valence-electron chi connectivity index (χ4n) is 3.93. The third-order valence-electron chi connectivity index (χ3n) is 5.79. The minimum absolute atomic E-state index is 0.192. The van der Waals surface area contributed by atoms with Crippen LogP contribution in [0.5, 0.6) is 0 Å². The van der Waals surface area contributed by atoms with Gasteiger partial charge in [0.05, 0.1) is 10.6 Å². The normalized spacial score (nSPS) is 18.1. The van der Waals surface area contributed by atoms with Gasteiger partial charge in [-0.05, 0) is 23.3 Å². The first-order valence-electron chi connectivity index (χ1n) is 10.3. The van der Waals surface area contributed by atoms with Crippen molar-refractivity contribution in [3.05, 3.63) is 70.2 Å². The maximum atomic E-state index is 13.3. The Morgan fingerprint density at radius 1 is 1.13 bits per heavy atom. The molecule has 1 unspecified atom stereocenters. The van der Waals surface area contributed by atoms with Crippen molar-refractivity contribution in [3.8, 4) is 12.3 Å². The predicted molar refractivity (Wildman–Crippen MR) is 119 cm³/mol. The molecule has 2 aromatic rings. The molecule has 4 rings (SSSR count). The van der Waals surface area contributed by atoms with E-state index >= 15 is 0 Å². The molecule has 2 amide bonds. The van der Waals surface area contributed by atoms with Crippen LogP contribution in [-0.2, 0) is 17.8 Å². The molecular weight excluding hydrogens is 412 g/mol. The Balaban J connectivity index is 1.49. The molecule has 1 atom stereocenters. The molecule has 7 heteroatoms. The summed E-state index contributed by atoms with van der Waals surface area (Å²) in [4.78, 5) is 28.1. The first-order valence-corrected chi connectivity index (χ1v) is 10.7. The Labute approximate surface area is 186 Å². The SMILES string of the molecule is C#CCCC1(CCNC(=O)C2Cc3ccccc3CN2C(=O)c2ccccc2Cl)N=N1. The summed E-state index contributed by atoms with van der Waals surface area (Å²) in [5, 5.41) is 11.5. The van der Waals surface area contributed by atoms with Crippen molar-refractivity contribution in [1.29, 1.82) is 0 Å². The van der Waals surface area contributed by atoms with Crippen molar-refractivity contribution in [1.82, 2.24) is 10.2 Å². The fraction of sp³-hybridized carbons (Fsp3) is 0.333. The van der Waals surface area contributed by atoms with Crippen molar-refractivity contribution in [3.63, 3.8) is 0 Å². The lowest BCUT2D eigenvalue weighted by atomic mass is 9.92. The average Bonchev–Trinajstić information content (AvgIpc) is 3.56. The molecule has 0 fully saturated rings. The quantitative estimate of drug-likeness (QED) is 0.669. The van der Waals surface area contributed by atoms with E-state index in [0.717, 1.165) is 11.1 Å². The number of terminal acetylenes is 1. The number of hydrogen-bond donors (Lipinski definition) is 1. The lowest BCUT2D eigenvalue weighted by Crippen LogP contribution is -2.53. The van der Waals surface area contributed by atoms with E-state index in [-0.39, 0.29) is 11.8 Å². The van der Waals surface area contributed by atoms with Crippen LogP contribution >= 0.6 is 11.6 Å². The van der Waals surface area contributed by atoms with Crippen LogP contribution in [0.4, 0.5) is 0 Å². The second-order valence-corrected chi connectivity index (χ2v) is 8.24. The van der Waals surface area contributed by atoms with Gasteiger partial charge in [0.1, 0.15) is 6.04 Å². The summed E-state index contributed by atoms with van der Waals surface area (Å²) in [5.41, 5.74) is 2.05. The number of nitrogens with one attached hydrogen (secondary N) is 1. The summed E-state index contributed by atoms with van der Waals surface area (Å²) in [6.45, 7) is 0.776. The zero-order valence-electron chi connectivity index (χ0n) is 17.1. The van der Waals surface area contributed by atoms with Gasteiger partial charge in [0.25, 0.3) is 5.91 Å². The van der Waals surface area contributed by atoms with Crippen LogP contribution in [-0.4, -0.2) is 35.0 Å². The molecule has 0 bridgehead atoms. The Hall–Kier alpha value is -3.17. The lowest BCUT2D eigenvalue weighted by molar-refractivity contribution is -0.126. The third kappa shape index (κ3) is 4.62. The molecule has 158 valence electrons. The highest BCUT2D eigenvalue weighted by molar-refractivity contribution is 6.33. The van der Waals surface area contributed by atoms with Crippen molar-refractivity contribution in [2.75, 3.05) is 6.54 Å². The van der Waals surface area contributed by atoms with Crippen LogP contribution in [0.25, 0.3) is 0 Å².